The van der Waals surface area contributed by atoms with E-state index in [9.17, 15) is 28.8 Å². The number of amides is 3. The number of carboxylic acid groups (broad SMARTS) is 3. The molecule has 12 heteroatoms. The second-order valence-corrected chi connectivity index (χ2v) is 9.55. The first-order valence-electron chi connectivity index (χ1n) is 14.4. The monoisotopic (exact) mass is 597 g/mol. The first kappa shape index (κ1) is 42.5. The topological polar surface area (TPSA) is 241 Å². The van der Waals surface area contributed by atoms with Crippen LogP contribution in [0.3, 0.4) is 0 Å². The molecule has 0 aliphatic heterocycles. The van der Waals surface area contributed by atoms with Gasteiger partial charge in [0.05, 0.1) is 16.7 Å². The van der Waals surface area contributed by atoms with E-state index in [1.807, 2.05) is 0 Å². The summed E-state index contributed by atoms with van der Waals surface area (Å²) in [4.78, 5) is 62.2. The molecule has 0 aliphatic rings. The summed E-state index contributed by atoms with van der Waals surface area (Å²) in [5.74, 6) is -4.65. The molecule has 0 saturated heterocycles. The Bertz CT molecular complexity index is 819. The smallest absolute Gasteiger partial charge is 0.335 e. The van der Waals surface area contributed by atoms with E-state index in [2.05, 4.69) is 20.8 Å². The maximum Gasteiger partial charge on any atom is 0.335 e. The summed E-state index contributed by atoms with van der Waals surface area (Å²) in [6.07, 6.45) is 15.2. The Morgan fingerprint density at radius 3 is 0.810 bits per heavy atom. The Morgan fingerprint density at radius 1 is 0.452 bits per heavy atom. The van der Waals surface area contributed by atoms with E-state index in [-0.39, 0.29) is 34.4 Å². The molecule has 1 aromatic rings. The minimum absolute atomic E-state index is 0.175. The van der Waals surface area contributed by atoms with Crippen molar-refractivity contribution in [2.75, 3.05) is 0 Å². The van der Waals surface area contributed by atoms with Crippen LogP contribution in [0.25, 0.3) is 0 Å². The second-order valence-electron chi connectivity index (χ2n) is 9.55. The van der Waals surface area contributed by atoms with Crippen LogP contribution < -0.4 is 17.2 Å². The van der Waals surface area contributed by atoms with Crippen molar-refractivity contribution in [1.82, 2.24) is 0 Å². The minimum Gasteiger partial charge on any atom is -0.478 e. The van der Waals surface area contributed by atoms with Crippen LogP contribution in [0, 0.1) is 0 Å². The third-order valence-corrected chi connectivity index (χ3v) is 5.50. The van der Waals surface area contributed by atoms with Gasteiger partial charge in [0, 0.05) is 19.3 Å². The number of unbranched alkanes of at least 4 members (excludes halogenated alkanes) is 9. The molecule has 0 bridgehead atoms. The number of aromatic carboxylic acids is 3. The van der Waals surface area contributed by atoms with Crippen LogP contribution in [0.5, 0.6) is 0 Å². The van der Waals surface area contributed by atoms with Crippen molar-refractivity contribution in [2.24, 2.45) is 17.2 Å². The number of carboxylic acids is 3. The molecule has 42 heavy (non-hydrogen) atoms. The molecule has 0 radical (unpaired) electrons. The molecule has 9 N–H and O–H groups in total. The van der Waals surface area contributed by atoms with Crippen molar-refractivity contribution in [3.8, 4) is 0 Å². The molecule has 3 amide bonds. The summed E-state index contributed by atoms with van der Waals surface area (Å²) in [7, 11) is 0. The van der Waals surface area contributed by atoms with Crippen molar-refractivity contribution in [3.63, 3.8) is 0 Å². The Kier molecular flexibility index (Phi) is 28.9. The highest BCUT2D eigenvalue weighted by molar-refractivity contribution is 5.98. The molecule has 0 aliphatic carbocycles. The minimum atomic E-state index is -1.37. The van der Waals surface area contributed by atoms with E-state index < -0.39 is 17.9 Å². The van der Waals surface area contributed by atoms with E-state index >= 15 is 0 Å². The molecule has 240 valence electrons. The zero-order valence-electron chi connectivity index (χ0n) is 25.4. The van der Waals surface area contributed by atoms with E-state index in [1.165, 1.54) is 38.5 Å². The third-order valence-electron chi connectivity index (χ3n) is 5.50. The van der Waals surface area contributed by atoms with Crippen molar-refractivity contribution < 1.29 is 44.1 Å². The summed E-state index contributed by atoms with van der Waals surface area (Å²) < 4.78 is 0. The van der Waals surface area contributed by atoms with Gasteiger partial charge in [-0.3, -0.25) is 14.4 Å². The standard InChI is InChI=1S/C9H6O6.3C7H15NO/c10-7(11)4-1-5(8(12)13)3-6(2-4)9(14)15;3*1-2-3-4-5-6-7(8)9/h1-3H,(H,10,11)(H,12,13)(H,14,15);3*2-6H2,1H3,(H2,8,9). The lowest BCUT2D eigenvalue weighted by Gasteiger charge is -2.00. The zero-order valence-corrected chi connectivity index (χ0v) is 25.4. The maximum absolute atomic E-state index is 10.6. The van der Waals surface area contributed by atoms with Crippen molar-refractivity contribution in [3.05, 3.63) is 34.9 Å². The first-order chi connectivity index (χ1) is 19.7. The van der Waals surface area contributed by atoms with Crippen molar-refractivity contribution in [2.45, 2.75) is 117 Å². The Hall–Kier alpha value is -3.96. The fourth-order valence-corrected chi connectivity index (χ4v) is 3.18. The quantitative estimate of drug-likeness (QED) is 0.123. The zero-order chi connectivity index (χ0) is 32.9. The van der Waals surface area contributed by atoms with Gasteiger partial charge >= 0.3 is 17.9 Å². The van der Waals surface area contributed by atoms with Crippen LogP contribution in [0.4, 0.5) is 0 Å². The van der Waals surface area contributed by atoms with Crippen molar-refractivity contribution in [1.29, 1.82) is 0 Å². The number of primary amides is 3. The molecule has 0 saturated carbocycles. The molecule has 0 atom stereocenters. The molecule has 0 unspecified atom stereocenters. The maximum atomic E-state index is 10.6. The van der Waals surface area contributed by atoms with Gasteiger partial charge in [0.15, 0.2) is 0 Å². The average molecular weight is 598 g/mol. The van der Waals surface area contributed by atoms with E-state index in [0.717, 1.165) is 56.7 Å². The number of carbonyl (C=O) groups excluding carboxylic acids is 3. The third kappa shape index (κ3) is 30.6. The summed E-state index contributed by atoms with van der Waals surface area (Å²) in [5, 5.41) is 25.8. The molecular formula is C30H51N3O9. The first-order valence-corrected chi connectivity index (χ1v) is 14.4. The number of hydrogen-bond acceptors (Lipinski definition) is 6. The van der Waals surface area contributed by atoms with Gasteiger partial charge in [0.1, 0.15) is 0 Å². The predicted molar refractivity (Wildman–Crippen MR) is 161 cm³/mol. The fraction of sp³-hybridized carbons (Fsp3) is 0.600. The Balaban J connectivity index is -0.000000500. The SMILES string of the molecule is CCCCCCC(N)=O.CCCCCCC(N)=O.CCCCCCC(N)=O.O=C(O)c1cc(C(=O)O)cc(C(=O)O)c1. The van der Waals surface area contributed by atoms with Gasteiger partial charge in [-0.1, -0.05) is 78.6 Å². The van der Waals surface area contributed by atoms with Crippen LogP contribution >= 0.6 is 0 Å². The number of rotatable bonds is 18. The van der Waals surface area contributed by atoms with Gasteiger partial charge in [-0.25, -0.2) is 14.4 Å². The molecule has 0 spiro atoms. The molecule has 0 fully saturated rings. The van der Waals surface area contributed by atoms with Crippen LogP contribution in [0.15, 0.2) is 18.2 Å². The molecule has 0 aromatic heterocycles. The van der Waals surface area contributed by atoms with E-state index in [0.29, 0.717) is 19.3 Å². The summed E-state index contributed by atoms with van der Waals surface area (Å²) >= 11 is 0. The molecule has 12 nitrogen and oxygen atoms in total. The van der Waals surface area contributed by atoms with E-state index in [1.54, 1.807) is 0 Å². The Labute approximate surface area is 249 Å². The molecule has 1 aromatic carbocycles. The summed E-state index contributed by atoms with van der Waals surface area (Å²) in [6.45, 7) is 6.43. The van der Waals surface area contributed by atoms with Crippen LogP contribution in [0.2, 0.25) is 0 Å². The molecular weight excluding hydrogens is 546 g/mol. The van der Waals surface area contributed by atoms with Gasteiger partial charge < -0.3 is 32.5 Å². The average Bonchev–Trinajstić information content (AvgIpc) is 2.92. The van der Waals surface area contributed by atoms with Gasteiger partial charge in [0.2, 0.25) is 17.7 Å². The van der Waals surface area contributed by atoms with Crippen LogP contribution in [-0.4, -0.2) is 50.9 Å². The predicted octanol–water partition coefficient (Wildman–Crippen LogP) is 5.11. The summed E-state index contributed by atoms with van der Waals surface area (Å²) in [5.41, 5.74) is 13.7. The highest BCUT2D eigenvalue weighted by atomic mass is 16.4. The van der Waals surface area contributed by atoms with Crippen LogP contribution in [0.1, 0.15) is 148 Å². The largest absolute Gasteiger partial charge is 0.478 e. The number of carbonyl (C=O) groups is 6. The van der Waals surface area contributed by atoms with Crippen LogP contribution in [-0.2, 0) is 14.4 Å². The van der Waals surface area contributed by atoms with Crippen molar-refractivity contribution >= 4 is 35.6 Å². The lowest BCUT2D eigenvalue weighted by Crippen LogP contribution is -2.09. The number of hydrogen-bond donors (Lipinski definition) is 6. The lowest BCUT2D eigenvalue weighted by atomic mass is 10.1. The fourth-order valence-electron chi connectivity index (χ4n) is 3.18. The summed E-state index contributed by atoms with van der Waals surface area (Å²) in [6, 6.07) is 2.70. The van der Waals surface area contributed by atoms with Gasteiger partial charge in [-0.15, -0.1) is 0 Å². The Morgan fingerprint density at radius 2 is 0.667 bits per heavy atom. The van der Waals surface area contributed by atoms with Gasteiger partial charge in [-0.2, -0.15) is 0 Å². The normalized spacial score (nSPS) is 9.50. The number of nitrogens with two attached hydrogens (primary N) is 3. The van der Waals surface area contributed by atoms with Gasteiger partial charge in [0.25, 0.3) is 0 Å². The molecule has 1 rings (SSSR count). The second kappa shape index (κ2) is 28.6. The highest BCUT2D eigenvalue weighted by Gasteiger charge is 2.14. The molecule has 0 heterocycles. The highest BCUT2D eigenvalue weighted by Crippen LogP contribution is 2.11. The lowest BCUT2D eigenvalue weighted by molar-refractivity contribution is -0.119. The van der Waals surface area contributed by atoms with Gasteiger partial charge in [-0.05, 0) is 37.5 Å². The van der Waals surface area contributed by atoms with E-state index in [4.69, 9.17) is 32.5 Å². The number of benzene rings is 1.